The van der Waals surface area contributed by atoms with E-state index in [4.69, 9.17) is 15.0 Å². The predicted molar refractivity (Wildman–Crippen MR) is 221 cm³/mol. The smallest absolute Gasteiger partial charge is 0.308 e. The molecule has 0 spiro atoms. The Morgan fingerprint density at radius 2 is 0.821 bits per heavy atom. The van der Waals surface area contributed by atoms with Crippen LogP contribution in [0.5, 0.6) is 0 Å². The number of hydrogen-bond donors (Lipinski definition) is 0. The van der Waals surface area contributed by atoms with Gasteiger partial charge in [-0.1, -0.05) is 126 Å². The molecule has 7 heteroatoms. The molecule has 0 aliphatic heterocycles. The molecule has 0 bridgehead atoms. The topological polar surface area (TPSA) is 43.6 Å². The summed E-state index contributed by atoms with van der Waals surface area (Å²) in [6.45, 7) is 6.22. The van der Waals surface area contributed by atoms with Gasteiger partial charge < -0.3 is 4.57 Å². The number of nitrogens with zero attached hydrogens (tertiary/aromatic N) is 4. The first-order valence-corrected chi connectivity index (χ1v) is 18.4. The van der Waals surface area contributed by atoms with Gasteiger partial charge in [-0.2, -0.15) is 13.2 Å². The first kappa shape index (κ1) is 34.9. The number of alkyl halides is 3. The quantitative estimate of drug-likeness (QED) is 0.171. The molecule has 0 fully saturated rings. The van der Waals surface area contributed by atoms with Crippen molar-refractivity contribution in [1.29, 1.82) is 0 Å². The number of aromatic nitrogens is 4. The monoisotopic (exact) mass is 736 g/mol. The van der Waals surface area contributed by atoms with Crippen LogP contribution < -0.4 is 0 Å². The highest BCUT2D eigenvalue weighted by Gasteiger charge is 2.30. The van der Waals surface area contributed by atoms with E-state index in [2.05, 4.69) is 85.1 Å². The first-order chi connectivity index (χ1) is 27.1. The number of fused-ring (bicyclic) bond motifs is 3. The second-order valence-corrected chi connectivity index (χ2v) is 14.3. The van der Waals surface area contributed by atoms with Gasteiger partial charge in [-0.3, -0.25) is 0 Å². The normalized spacial score (nSPS) is 11.8. The van der Waals surface area contributed by atoms with Crippen LogP contribution in [0.15, 0.2) is 158 Å². The fourth-order valence-corrected chi connectivity index (χ4v) is 7.45. The molecule has 0 unspecified atom stereocenters. The molecule has 0 aliphatic rings. The minimum Gasteiger partial charge on any atom is -0.308 e. The molecule has 272 valence electrons. The van der Waals surface area contributed by atoms with Gasteiger partial charge in [-0.15, -0.1) is 0 Å². The molecule has 2 aromatic heterocycles. The Balaban J connectivity index is 1.41. The lowest BCUT2D eigenvalue weighted by Crippen LogP contribution is -2.05. The average molecular weight is 737 g/mol. The molecule has 0 radical (unpaired) electrons. The van der Waals surface area contributed by atoms with Crippen LogP contribution in [0.25, 0.3) is 83.9 Å². The van der Waals surface area contributed by atoms with Crippen molar-refractivity contribution in [2.75, 3.05) is 0 Å². The lowest BCUT2D eigenvalue weighted by atomic mass is 9.91. The maximum Gasteiger partial charge on any atom is 0.416 e. The standard InChI is InChI=1S/C49H35F3N4/c1-30-14-18-33(19-15-30)39-28-37(48-54-46(35-10-6-4-7-11-35)53-47(55-48)36-12-8-5-9-13-36)29-40(34-20-22-38(23-21-34)49(50,51)52)45(39)56-43-24-16-31(2)26-41(43)42-27-32(3)17-25-44(42)56/h4-29H,1-3H3. The fourth-order valence-electron chi connectivity index (χ4n) is 7.45. The van der Waals surface area contributed by atoms with Crippen molar-refractivity contribution >= 4 is 21.8 Å². The van der Waals surface area contributed by atoms with Crippen molar-refractivity contribution in [2.24, 2.45) is 0 Å². The van der Waals surface area contributed by atoms with E-state index in [1.54, 1.807) is 12.1 Å². The molecule has 4 nitrogen and oxygen atoms in total. The Morgan fingerprint density at radius 1 is 0.411 bits per heavy atom. The van der Waals surface area contributed by atoms with E-state index in [0.717, 1.165) is 84.1 Å². The zero-order valence-corrected chi connectivity index (χ0v) is 30.9. The summed E-state index contributed by atoms with van der Waals surface area (Å²) in [6.07, 6.45) is -4.48. The van der Waals surface area contributed by atoms with Crippen LogP contribution in [0, 0.1) is 20.8 Å². The van der Waals surface area contributed by atoms with Gasteiger partial charge >= 0.3 is 6.18 Å². The van der Waals surface area contributed by atoms with Crippen molar-refractivity contribution in [3.05, 3.63) is 180 Å². The Labute approximate surface area is 322 Å². The third-order valence-electron chi connectivity index (χ3n) is 10.3. The van der Waals surface area contributed by atoms with E-state index >= 15 is 0 Å². The Bertz CT molecular complexity index is 2780. The van der Waals surface area contributed by atoms with Gasteiger partial charge in [0, 0.05) is 38.6 Å². The van der Waals surface area contributed by atoms with Crippen molar-refractivity contribution in [2.45, 2.75) is 26.9 Å². The molecule has 9 aromatic rings. The van der Waals surface area contributed by atoms with Crippen LogP contribution >= 0.6 is 0 Å². The van der Waals surface area contributed by atoms with E-state index in [9.17, 15) is 13.2 Å². The molecular formula is C49H35F3N4. The lowest BCUT2D eigenvalue weighted by Gasteiger charge is -2.21. The molecule has 0 saturated heterocycles. The van der Waals surface area contributed by atoms with Crippen molar-refractivity contribution < 1.29 is 13.2 Å². The van der Waals surface area contributed by atoms with Gasteiger partial charge in [0.15, 0.2) is 17.5 Å². The number of aryl methyl sites for hydroxylation is 3. The van der Waals surface area contributed by atoms with Gasteiger partial charge in [0.05, 0.1) is 22.3 Å². The minimum absolute atomic E-state index is 0.444. The summed E-state index contributed by atoms with van der Waals surface area (Å²) in [5, 5.41) is 2.19. The number of hydrogen-bond acceptors (Lipinski definition) is 3. The largest absolute Gasteiger partial charge is 0.416 e. The van der Waals surface area contributed by atoms with Crippen molar-refractivity contribution in [3.63, 3.8) is 0 Å². The molecule has 7 aromatic carbocycles. The highest BCUT2D eigenvalue weighted by atomic mass is 19.4. The van der Waals surface area contributed by atoms with Gasteiger partial charge in [0.2, 0.25) is 0 Å². The van der Waals surface area contributed by atoms with Crippen LogP contribution in [-0.4, -0.2) is 19.5 Å². The highest BCUT2D eigenvalue weighted by Crippen LogP contribution is 2.44. The van der Waals surface area contributed by atoms with Crippen LogP contribution in [0.4, 0.5) is 13.2 Å². The van der Waals surface area contributed by atoms with E-state index in [1.165, 1.54) is 0 Å². The van der Waals surface area contributed by atoms with E-state index in [0.29, 0.717) is 28.6 Å². The first-order valence-electron chi connectivity index (χ1n) is 18.4. The van der Waals surface area contributed by atoms with E-state index < -0.39 is 11.7 Å². The summed E-state index contributed by atoms with van der Waals surface area (Å²) in [7, 11) is 0. The molecule has 0 aliphatic carbocycles. The van der Waals surface area contributed by atoms with Gasteiger partial charge in [-0.05, 0) is 80.4 Å². The molecule has 0 saturated carbocycles. The summed E-state index contributed by atoms with van der Waals surface area (Å²) >= 11 is 0. The molecule has 0 amide bonds. The SMILES string of the molecule is Cc1ccc(-c2cc(-c3nc(-c4ccccc4)nc(-c4ccccc4)n3)cc(-c3ccc(C(F)(F)F)cc3)c2-n2c3ccc(C)cc3c3cc(C)ccc32)cc1. The molecule has 0 N–H and O–H groups in total. The summed E-state index contributed by atoms with van der Waals surface area (Å²) < 4.78 is 44.2. The zero-order chi connectivity index (χ0) is 38.6. The third kappa shape index (κ3) is 6.41. The maximum atomic E-state index is 14.0. The molecular weight excluding hydrogens is 702 g/mol. The average Bonchev–Trinajstić information content (AvgIpc) is 3.52. The summed E-state index contributed by atoms with van der Waals surface area (Å²) in [5.74, 6) is 1.47. The van der Waals surface area contributed by atoms with Gasteiger partial charge in [0.25, 0.3) is 0 Å². The maximum absolute atomic E-state index is 14.0. The predicted octanol–water partition coefficient (Wildman–Crippen LogP) is 13.2. The number of rotatable bonds is 6. The van der Waals surface area contributed by atoms with Crippen molar-refractivity contribution in [3.8, 4) is 62.1 Å². The summed E-state index contributed by atoms with van der Waals surface area (Å²) in [5.41, 5.74) is 11.0. The summed E-state index contributed by atoms with van der Waals surface area (Å²) in [6, 6.07) is 50.3. The Kier molecular flexibility index (Phi) is 8.58. The van der Waals surface area contributed by atoms with Crippen molar-refractivity contribution in [1.82, 2.24) is 19.5 Å². The Hall–Kier alpha value is -6.86. The lowest BCUT2D eigenvalue weighted by molar-refractivity contribution is -0.137. The van der Waals surface area contributed by atoms with Crippen LogP contribution in [0.2, 0.25) is 0 Å². The van der Waals surface area contributed by atoms with Crippen LogP contribution in [0.3, 0.4) is 0 Å². The second-order valence-electron chi connectivity index (χ2n) is 14.3. The summed E-state index contributed by atoms with van der Waals surface area (Å²) in [4.78, 5) is 15.0. The zero-order valence-electron chi connectivity index (χ0n) is 30.9. The van der Waals surface area contributed by atoms with Crippen LogP contribution in [-0.2, 0) is 6.18 Å². The number of halogens is 3. The van der Waals surface area contributed by atoms with Gasteiger partial charge in [0.1, 0.15) is 0 Å². The molecule has 2 heterocycles. The third-order valence-corrected chi connectivity index (χ3v) is 10.3. The molecule has 56 heavy (non-hydrogen) atoms. The highest BCUT2D eigenvalue weighted by molar-refractivity contribution is 6.11. The van der Waals surface area contributed by atoms with E-state index in [-0.39, 0.29) is 0 Å². The number of benzene rings is 7. The van der Waals surface area contributed by atoms with Gasteiger partial charge in [-0.25, -0.2) is 15.0 Å². The molecule has 9 rings (SSSR count). The minimum atomic E-state index is -4.48. The second kappa shape index (κ2) is 13.8. The molecule has 0 atom stereocenters. The van der Waals surface area contributed by atoms with E-state index in [1.807, 2.05) is 73.7 Å². The Morgan fingerprint density at radius 3 is 1.27 bits per heavy atom. The fraction of sp³-hybridized carbons (Fsp3) is 0.0816. The van der Waals surface area contributed by atoms with Crippen LogP contribution in [0.1, 0.15) is 22.3 Å².